The van der Waals surface area contributed by atoms with Crippen LogP contribution in [0.3, 0.4) is 0 Å². The van der Waals surface area contributed by atoms with Crippen molar-refractivity contribution in [2.45, 2.75) is 33.7 Å². The third-order valence-corrected chi connectivity index (χ3v) is 3.94. The van der Waals surface area contributed by atoms with Gasteiger partial charge in [0.05, 0.1) is 25.2 Å². The summed E-state index contributed by atoms with van der Waals surface area (Å²) < 4.78 is 21.6. The molecule has 0 aliphatic heterocycles. The summed E-state index contributed by atoms with van der Waals surface area (Å²) in [5.74, 6) is 1.05. The van der Waals surface area contributed by atoms with Gasteiger partial charge in [0.15, 0.2) is 5.96 Å². The fourth-order valence-corrected chi connectivity index (χ4v) is 2.43. The molecule has 0 amide bonds. The van der Waals surface area contributed by atoms with Crippen LogP contribution in [0.15, 0.2) is 41.9 Å². The molecule has 0 saturated heterocycles. The highest BCUT2D eigenvalue weighted by molar-refractivity contribution is 5.79. The predicted molar refractivity (Wildman–Crippen MR) is 107 cm³/mol. The van der Waals surface area contributed by atoms with Gasteiger partial charge in [0.2, 0.25) is 0 Å². The Balaban J connectivity index is 1.85. The van der Waals surface area contributed by atoms with Crippen LogP contribution in [0.2, 0.25) is 0 Å². The summed E-state index contributed by atoms with van der Waals surface area (Å²) in [6.07, 6.45) is 5.98. The Morgan fingerprint density at radius 1 is 1.30 bits per heavy atom. The Hall–Kier alpha value is -2.41. The number of rotatable bonds is 10. The predicted octanol–water partition coefficient (Wildman–Crippen LogP) is 3.13. The number of nitrogens with zero attached hydrogens (tertiary/aromatic N) is 3. The molecule has 0 saturated carbocycles. The van der Waals surface area contributed by atoms with E-state index in [1.807, 2.05) is 13.0 Å². The quantitative estimate of drug-likeness (QED) is 0.380. The van der Waals surface area contributed by atoms with Crippen LogP contribution < -0.4 is 10.6 Å². The van der Waals surface area contributed by atoms with Crippen LogP contribution in [0, 0.1) is 11.7 Å². The van der Waals surface area contributed by atoms with Crippen LogP contribution in [-0.2, 0) is 11.3 Å². The van der Waals surface area contributed by atoms with Gasteiger partial charge in [-0.05, 0) is 37.0 Å². The number of imidazole rings is 1. The zero-order valence-corrected chi connectivity index (χ0v) is 16.4. The maximum Gasteiger partial charge on any atom is 0.191 e. The molecule has 0 unspecified atom stereocenters. The van der Waals surface area contributed by atoms with Gasteiger partial charge in [0, 0.05) is 32.1 Å². The maximum absolute atomic E-state index is 14.3. The molecule has 1 heterocycles. The highest BCUT2D eigenvalue weighted by atomic mass is 19.1. The molecule has 6 nitrogen and oxygen atoms in total. The van der Waals surface area contributed by atoms with Crippen molar-refractivity contribution in [2.24, 2.45) is 10.9 Å². The van der Waals surface area contributed by atoms with E-state index in [0.717, 1.165) is 25.1 Å². The van der Waals surface area contributed by atoms with Crippen molar-refractivity contribution in [3.63, 3.8) is 0 Å². The van der Waals surface area contributed by atoms with Crippen LogP contribution in [0.25, 0.3) is 5.69 Å². The zero-order valence-electron chi connectivity index (χ0n) is 16.4. The van der Waals surface area contributed by atoms with Crippen molar-refractivity contribution >= 4 is 5.96 Å². The van der Waals surface area contributed by atoms with Crippen molar-refractivity contribution in [1.82, 2.24) is 20.2 Å². The van der Waals surface area contributed by atoms with Crippen LogP contribution >= 0.6 is 0 Å². The molecule has 2 rings (SSSR count). The normalized spacial score (nSPS) is 11.8. The van der Waals surface area contributed by atoms with E-state index >= 15 is 0 Å². The van der Waals surface area contributed by atoms with Crippen LogP contribution in [0.4, 0.5) is 4.39 Å². The van der Waals surface area contributed by atoms with E-state index in [4.69, 9.17) is 4.74 Å². The first-order valence-electron chi connectivity index (χ1n) is 9.46. The van der Waals surface area contributed by atoms with E-state index in [2.05, 4.69) is 34.5 Å². The van der Waals surface area contributed by atoms with Gasteiger partial charge >= 0.3 is 0 Å². The number of hydrogen-bond donors (Lipinski definition) is 2. The van der Waals surface area contributed by atoms with Crippen molar-refractivity contribution in [2.75, 3.05) is 26.3 Å². The minimum atomic E-state index is -0.294. The molecule has 2 N–H and O–H groups in total. The Labute approximate surface area is 160 Å². The van der Waals surface area contributed by atoms with Crippen molar-refractivity contribution < 1.29 is 9.13 Å². The van der Waals surface area contributed by atoms with Crippen molar-refractivity contribution in [3.05, 3.63) is 48.3 Å². The second-order valence-corrected chi connectivity index (χ2v) is 6.67. The number of ether oxygens (including phenoxy) is 1. The Morgan fingerprint density at radius 3 is 2.81 bits per heavy atom. The molecular weight excluding hydrogens is 345 g/mol. The number of aliphatic imine (C=N–C) groups is 1. The van der Waals surface area contributed by atoms with Gasteiger partial charge in [-0.15, -0.1) is 0 Å². The number of hydrogen-bond acceptors (Lipinski definition) is 3. The largest absolute Gasteiger partial charge is 0.380 e. The Kier molecular flexibility index (Phi) is 8.77. The molecule has 7 heteroatoms. The van der Waals surface area contributed by atoms with Crippen molar-refractivity contribution in [1.29, 1.82) is 0 Å². The Morgan fingerprint density at radius 2 is 2.15 bits per heavy atom. The third-order valence-electron chi connectivity index (χ3n) is 3.94. The molecule has 2 aromatic rings. The topological polar surface area (TPSA) is 63.5 Å². The SMILES string of the molecule is CCNC(=NCc1ccc(-n2ccnc2)c(F)c1)NCCOCCC(C)C. The number of aromatic nitrogens is 2. The molecule has 0 aliphatic carbocycles. The summed E-state index contributed by atoms with van der Waals surface area (Å²) in [5, 5.41) is 6.42. The monoisotopic (exact) mass is 375 g/mol. The minimum Gasteiger partial charge on any atom is -0.380 e. The summed E-state index contributed by atoms with van der Waals surface area (Å²) in [6.45, 7) is 9.61. The fraction of sp³-hybridized carbons (Fsp3) is 0.500. The van der Waals surface area contributed by atoms with Crippen LogP contribution in [0.5, 0.6) is 0 Å². The van der Waals surface area contributed by atoms with Gasteiger partial charge in [0.1, 0.15) is 5.82 Å². The maximum atomic E-state index is 14.3. The summed E-state index contributed by atoms with van der Waals surface area (Å²) in [4.78, 5) is 8.46. The lowest BCUT2D eigenvalue weighted by Gasteiger charge is -2.12. The molecule has 0 fully saturated rings. The minimum absolute atomic E-state index is 0.294. The van der Waals surface area contributed by atoms with Crippen LogP contribution in [0.1, 0.15) is 32.8 Å². The van der Waals surface area contributed by atoms with E-state index in [9.17, 15) is 4.39 Å². The average Bonchev–Trinajstić information content (AvgIpc) is 3.16. The summed E-state index contributed by atoms with van der Waals surface area (Å²) >= 11 is 0. The molecule has 27 heavy (non-hydrogen) atoms. The first-order valence-corrected chi connectivity index (χ1v) is 9.46. The molecule has 0 atom stereocenters. The zero-order chi connectivity index (χ0) is 19.5. The molecule has 0 aliphatic rings. The first-order chi connectivity index (χ1) is 13.1. The molecule has 1 aromatic carbocycles. The number of benzene rings is 1. The van der Waals surface area contributed by atoms with Gasteiger partial charge in [-0.3, -0.25) is 0 Å². The second kappa shape index (κ2) is 11.3. The number of guanidine groups is 1. The Bertz CT molecular complexity index is 700. The fourth-order valence-electron chi connectivity index (χ4n) is 2.43. The number of nitrogens with one attached hydrogen (secondary N) is 2. The van der Waals surface area contributed by atoms with E-state index in [0.29, 0.717) is 37.3 Å². The number of halogens is 1. The lowest BCUT2D eigenvalue weighted by molar-refractivity contribution is 0.128. The van der Waals surface area contributed by atoms with Gasteiger partial charge < -0.3 is 19.9 Å². The van der Waals surface area contributed by atoms with Gasteiger partial charge in [-0.25, -0.2) is 14.4 Å². The third kappa shape index (κ3) is 7.38. The lowest BCUT2D eigenvalue weighted by atomic mass is 10.1. The first kappa shape index (κ1) is 20.9. The standard InChI is InChI=1S/C20H30FN5O/c1-4-23-20(24-9-12-27-11-7-16(2)3)25-14-17-5-6-19(18(21)13-17)26-10-8-22-15-26/h5-6,8,10,13,15-16H,4,7,9,11-12,14H2,1-3H3,(H2,23,24,25). The molecule has 0 bridgehead atoms. The van der Waals surface area contributed by atoms with Gasteiger partial charge in [0.25, 0.3) is 0 Å². The molecule has 148 valence electrons. The van der Waals surface area contributed by atoms with Crippen LogP contribution in [-0.4, -0.2) is 41.8 Å². The van der Waals surface area contributed by atoms with E-state index in [1.54, 1.807) is 29.4 Å². The molecule has 0 radical (unpaired) electrons. The molecule has 0 spiro atoms. The summed E-state index contributed by atoms with van der Waals surface area (Å²) in [6, 6.07) is 5.13. The van der Waals surface area contributed by atoms with Crippen molar-refractivity contribution in [3.8, 4) is 5.69 Å². The van der Waals surface area contributed by atoms with Gasteiger partial charge in [-0.1, -0.05) is 19.9 Å². The molecule has 1 aromatic heterocycles. The smallest absolute Gasteiger partial charge is 0.191 e. The van der Waals surface area contributed by atoms with Gasteiger partial charge in [-0.2, -0.15) is 0 Å². The summed E-state index contributed by atoms with van der Waals surface area (Å²) in [5.41, 5.74) is 1.28. The second-order valence-electron chi connectivity index (χ2n) is 6.67. The highest BCUT2D eigenvalue weighted by Crippen LogP contribution is 2.15. The summed E-state index contributed by atoms with van der Waals surface area (Å²) in [7, 11) is 0. The van der Waals surface area contributed by atoms with E-state index < -0.39 is 0 Å². The highest BCUT2D eigenvalue weighted by Gasteiger charge is 2.05. The average molecular weight is 375 g/mol. The van der Waals surface area contributed by atoms with E-state index in [1.165, 1.54) is 6.07 Å². The van der Waals surface area contributed by atoms with E-state index in [-0.39, 0.29) is 5.82 Å². The lowest BCUT2D eigenvalue weighted by Crippen LogP contribution is -2.39. The molecular formula is C20H30FN5O.